The fourth-order valence-electron chi connectivity index (χ4n) is 2.78. The monoisotopic (exact) mass is 436 g/mol. The van der Waals surface area contributed by atoms with Crippen molar-refractivity contribution < 1.29 is 42.0 Å². The summed E-state index contributed by atoms with van der Waals surface area (Å²) in [5.74, 6) is 0. The number of hydrogen-bond acceptors (Lipinski definition) is 9. The third-order valence-corrected chi connectivity index (χ3v) is 4.95. The topological polar surface area (TPSA) is 113 Å². The van der Waals surface area contributed by atoms with Gasteiger partial charge in [0.1, 0.15) is 35.5 Å². The zero-order valence-corrected chi connectivity index (χ0v) is 17.8. The predicted octanol–water partition coefficient (Wildman–Crippen LogP) is -1.03. The van der Waals surface area contributed by atoms with E-state index in [0.29, 0.717) is 19.4 Å². The summed E-state index contributed by atoms with van der Waals surface area (Å²) in [5.41, 5.74) is 0. The number of ether oxygens (including phenoxy) is 4. The number of methoxy groups -OCH3 is 2. The maximum Gasteiger partial charge on any atom is 0.132 e. The molecule has 0 spiro atoms. The molecular weight excluding hydrogens is 407 g/mol. The summed E-state index contributed by atoms with van der Waals surface area (Å²) in [5, 5.41) is 0. The van der Waals surface area contributed by atoms with Crippen LogP contribution < -0.4 is 4.89 Å². The standard InChI is InChI=1S/C7H16B2O4P.C7H14BO5P/c2*1-11-4-6-5(3-7(8)12-6)13-14(2,9)10/h5-7H,3-4H2,1-2,9H3;5-7H,3-4H2,1-2H3,(H,9,10)/q-1;/p-1/t5?,6-,7-,14?;5?,6-,7-/m11/s1. The van der Waals surface area contributed by atoms with Crippen LogP contribution in [-0.2, 0) is 37.1 Å². The molecule has 2 rings (SSSR count). The van der Waals surface area contributed by atoms with E-state index in [1.54, 1.807) is 13.8 Å². The van der Waals surface area contributed by atoms with Crippen molar-refractivity contribution in [2.24, 2.45) is 0 Å². The third kappa shape index (κ3) is 10.4. The average molecular weight is 436 g/mol. The number of rotatable bonds is 8. The highest BCUT2D eigenvalue weighted by atomic mass is 31.2. The second-order valence-corrected chi connectivity index (χ2v) is 9.15. The van der Waals surface area contributed by atoms with Gasteiger partial charge in [-0.05, 0) is 19.5 Å². The van der Waals surface area contributed by atoms with Gasteiger partial charge in [-0.25, -0.2) is 0 Å². The van der Waals surface area contributed by atoms with Gasteiger partial charge in [0.15, 0.2) is 0 Å². The van der Waals surface area contributed by atoms with Gasteiger partial charge in [-0.1, -0.05) is 0 Å². The SMILES string of the molecule is [B][C@H]1CC(OP(C)(=O)[O-])[C@@H](COC)O1.[B][C@H]1CC(OP([BH3-])(C)=O)[C@@H](COC)O1. The Kier molecular flexibility index (Phi) is 11.0. The van der Waals surface area contributed by atoms with Gasteiger partial charge in [-0.2, -0.15) is 0 Å². The molecule has 2 saturated heterocycles. The maximum absolute atomic E-state index is 11.6. The summed E-state index contributed by atoms with van der Waals surface area (Å²) < 4.78 is 53.3. The molecule has 0 bridgehead atoms. The zero-order valence-electron chi connectivity index (χ0n) is 16.0. The fraction of sp³-hybridized carbons (Fsp3) is 1.00. The second kappa shape index (κ2) is 11.7. The van der Waals surface area contributed by atoms with Gasteiger partial charge in [-0.15, -0.1) is 0 Å². The van der Waals surface area contributed by atoms with Crippen LogP contribution in [0.25, 0.3) is 0 Å². The lowest BCUT2D eigenvalue weighted by Crippen LogP contribution is -2.29. The molecule has 8 atom stereocenters. The highest BCUT2D eigenvalue weighted by molar-refractivity contribution is 7.82. The van der Waals surface area contributed by atoms with Crippen molar-refractivity contribution in [3.05, 3.63) is 0 Å². The Labute approximate surface area is 170 Å². The average Bonchev–Trinajstić information content (AvgIpc) is 3.00. The molecule has 0 N–H and O–H groups in total. The van der Waals surface area contributed by atoms with E-state index in [2.05, 4.69) is 0 Å². The van der Waals surface area contributed by atoms with Crippen LogP contribution in [0.3, 0.4) is 0 Å². The first-order chi connectivity index (χ1) is 12.8. The van der Waals surface area contributed by atoms with Gasteiger partial charge in [0.25, 0.3) is 0 Å². The van der Waals surface area contributed by atoms with Gasteiger partial charge in [0.05, 0.1) is 33.0 Å². The first-order valence-electron chi connectivity index (χ1n) is 8.40. The molecule has 4 radical (unpaired) electrons. The Hall–Kier alpha value is 0.375. The Balaban J connectivity index is 0.000000280. The van der Waals surface area contributed by atoms with E-state index in [1.807, 2.05) is 0 Å². The Morgan fingerprint density at radius 1 is 0.964 bits per heavy atom. The van der Waals surface area contributed by atoms with Crippen LogP contribution in [0.15, 0.2) is 0 Å². The van der Waals surface area contributed by atoms with Crippen LogP contribution in [-0.4, -0.2) is 100 Å². The van der Waals surface area contributed by atoms with Crippen LogP contribution in [0.4, 0.5) is 0 Å². The van der Waals surface area contributed by atoms with Crippen LogP contribution in [0.1, 0.15) is 12.8 Å². The Morgan fingerprint density at radius 2 is 1.36 bits per heavy atom. The molecule has 2 fully saturated rings. The second-order valence-electron chi connectivity index (χ2n) is 6.31. The molecule has 4 unspecified atom stereocenters. The summed E-state index contributed by atoms with van der Waals surface area (Å²) in [6.45, 7) is 3.44. The summed E-state index contributed by atoms with van der Waals surface area (Å²) >= 11 is 0. The molecule has 2 aliphatic rings. The van der Waals surface area contributed by atoms with Crippen molar-refractivity contribution in [3.8, 4) is 0 Å². The first-order valence-corrected chi connectivity index (χ1v) is 12.0. The molecule has 2 heterocycles. The molecule has 2 aliphatic heterocycles. The van der Waals surface area contributed by atoms with E-state index in [-0.39, 0.29) is 32.4 Å². The van der Waals surface area contributed by atoms with E-state index < -0.39 is 33.1 Å². The Morgan fingerprint density at radius 3 is 1.68 bits per heavy atom. The van der Waals surface area contributed by atoms with Crippen LogP contribution in [0, 0.1) is 0 Å². The van der Waals surface area contributed by atoms with Gasteiger partial charge in [0, 0.05) is 40.1 Å². The summed E-state index contributed by atoms with van der Waals surface area (Å²) in [4.78, 5) is 10.9. The summed E-state index contributed by atoms with van der Waals surface area (Å²) in [6.07, 6.45) is -0.276. The molecule has 28 heavy (non-hydrogen) atoms. The van der Waals surface area contributed by atoms with Crippen LogP contribution in [0.5, 0.6) is 0 Å². The minimum atomic E-state index is -3.74. The van der Waals surface area contributed by atoms with Crippen molar-refractivity contribution in [1.29, 1.82) is 0 Å². The first kappa shape index (κ1) is 26.4. The highest BCUT2D eigenvalue weighted by Crippen LogP contribution is 2.41. The van der Waals surface area contributed by atoms with Crippen molar-refractivity contribution in [1.82, 2.24) is 0 Å². The Bertz CT molecular complexity index is 510. The van der Waals surface area contributed by atoms with Gasteiger partial charge in [-0.3, -0.25) is 0 Å². The molecule has 0 aromatic carbocycles. The van der Waals surface area contributed by atoms with E-state index in [4.69, 9.17) is 43.7 Å². The fourth-order valence-corrected chi connectivity index (χ4v) is 4.09. The lowest BCUT2D eigenvalue weighted by Gasteiger charge is -2.25. The van der Waals surface area contributed by atoms with Crippen molar-refractivity contribution in [2.45, 2.75) is 49.3 Å². The van der Waals surface area contributed by atoms with Crippen molar-refractivity contribution in [3.63, 3.8) is 0 Å². The minimum absolute atomic E-state index is 0.154. The lowest BCUT2D eigenvalue weighted by molar-refractivity contribution is -0.202. The molecule has 0 aromatic rings. The molecule has 0 aliphatic carbocycles. The van der Waals surface area contributed by atoms with E-state index in [1.165, 1.54) is 7.11 Å². The highest BCUT2D eigenvalue weighted by Gasteiger charge is 2.35. The van der Waals surface area contributed by atoms with Crippen LogP contribution in [0.2, 0.25) is 0 Å². The third-order valence-electron chi connectivity index (χ3n) is 3.73. The molecule has 0 saturated carbocycles. The smallest absolute Gasteiger partial charge is 0.132 e. The van der Waals surface area contributed by atoms with Crippen LogP contribution >= 0.6 is 14.8 Å². The minimum Gasteiger partial charge on any atom is -0.779 e. The number of hydrogen-bond donors (Lipinski definition) is 0. The molecule has 14 heteroatoms. The maximum atomic E-state index is 11.6. The lowest BCUT2D eigenvalue weighted by atomic mass is 9.96. The van der Waals surface area contributed by atoms with Gasteiger partial charge >= 0.3 is 0 Å². The van der Waals surface area contributed by atoms with Crippen molar-refractivity contribution >= 4 is 38.1 Å². The van der Waals surface area contributed by atoms with E-state index in [0.717, 1.165) is 6.66 Å². The van der Waals surface area contributed by atoms with E-state index in [9.17, 15) is 14.0 Å². The summed E-state index contributed by atoms with van der Waals surface area (Å²) in [7, 11) is 7.99. The van der Waals surface area contributed by atoms with Gasteiger partial charge in [0.2, 0.25) is 0 Å². The molecule has 0 aromatic heterocycles. The molecule has 160 valence electrons. The molecule has 0 amide bonds. The summed E-state index contributed by atoms with van der Waals surface area (Å²) in [6, 6.07) is -0.793. The van der Waals surface area contributed by atoms with Gasteiger partial charge < -0.3 is 42.0 Å². The quantitative estimate of drug-likeness (QED) is 0.349. The van der Waals surface area contributed by atoms with Crippen molar-refractivity contribution in [2.75, 3.05) is 40.8 Å². The molecular formula is C14H29B3O9P2-2. The zero-order chi connectivity index (χ0) is 21.5. The largest absolute Gasteiger partial charge is 0.779 e. The normalized spacial score (nSPS) is 36.9. The molecule has 9 nitrogen and oxygen atoms in total. The predicted molar refractivity (Wildman–Crippen MR) is 109 cm³/mol. The van der Waals surface area contributed by atoms with E-state index >= 15 is 0 Å².